The van der Waals surface area contributed by atoms with Crippen molar-refractivity contribution < 1.29 is 47.2 Å². The molecule has 0 aliphatic heterocycles. The van der Waals surface area contributed by atoms with Crippen molar-refractivity contribution in [3.8, 4) is 0 Å². The van der Waals surface area contributed by atoms with E-state index in [1.165, 1.54) is 44.9 Å². The molecule has 0 aromatic carbocycles. The van der Waals surface area contributed by atoms with Gasteiger partial charge >= 0.3 is 19.8 Å². The Hall–Kier alpha value is -2.85. The van der Waals surface area contributed by atoms with Crippen molar-refractivity contribution in [3.05, 3.63) is 85.1 Å². The summed E-state index contributed by atoms with van der Waals surface area (Å²) in [6.07, 6.45) is 46.7. The SMILES string of the molecule is CC/C=C\C/C=C\CC(O)/C=C/C=C\C/C=C\C/C=C\CCC(=O)O[C@H](COC(=O)CCCCCCC/C=C\CCCCCCCC)COP(=O)(O)OCC[N+](C)(C)C. The largest absolute Gasteiger partial charge is 0.472 e. The minimum absolute atomic E-state index is 0.00336. The van der Waals surface area contributed by atoms with Gasteiger partial charge in [-0.25, -0.2) is 4.57 Å². The van der Waals surface area contributed by atoms with Gasteiger partial charge in [-0.2, -0.15) is 0 Å². The Morgan fingerprint density at radius 1 is 0.627 bits per heavy atom. The van der Waals surface area contributed by atoms with Gasteiger partial charge in [-0.05, 0) is 70.6 Å². The van der Waals surface area contributed by atoms with Crippen LogP contribution in [0.15, 0.2) is 85.1 Å². The maximum atomic E-state index is 12.7. The van der Waals surface area contributed by atoms with Crippen LogP contribution in [0, 0.1) is 0 Å². The number of allylic oxidation sites excluding steroid dienone is 12. The van der Waals surface area contributed by atoms with Gasteiger partial charge in [-0.1, -0.05) is 150 Å². The summed E-state index contributed by atoms with van der Waals surface area (Å²) in [5.74, 6) is -0.944. The van der Waals surface area contributed by atoms with Gasteiger partial charge in [0, 0.05) is 12.8 Å². The summed E-state index contributed by atoms with van der Waals surface area (Å²) in [6.45, 7) is 4.10. The summed E-state index contributed by atoms with van der Waals surface area (Å²) in [4.78, 5) is 35.3. The highest BCUT2D eigenvalue weighted by molar-refractivity contribution is 7.47. The topological polar surface area (TPSA) is 129 Å². The molecule has 0 fully saturated rings. The number of rotatable bonds is 39. The molecular formula is C48H83NO9P+. The van der Waals surface area contributed by atoms with Crippen molar-refractivity contribution in [2.75, 3.05) is 47.5 Å². The van der Waals surface area contributed by atoms with E-state index in [0.29, 0.717) is 36.7 Å². The molecule has 11 heteroatoms. The van der Waals surface area contributed by atoms with E-state index in [2.05, 4.69) is 44.2 Å². The molecule has 0 aromatic rings. The van der Waals surface area contributed by atoms with Crippen LogP contribution in [0.1, 0.15) is 149 Å². The number of aliphatic hydroxyl groups excluding tert-OH is 1. The summed E-state index contributed by atoms with van der Waals surface area (Å²) >= 11 is 0. The number of quaternary nitrogens is 1. The van der Waals surface area contributed by atoms with Gasteiger partial charge in [0.1, 0.15) is 19.8 Å². The third kappa shape index (κ3) is 43.1. The molecule has 0 aliphatic rings. The van der Waals surface area contributed by atoms with Gasteiger partial charge in [0.05, 0.1) is 33.9 Å². The molecule has 0 aromatic heterocycles. The maximum Gasteiger partial charge on any atom is 0.472 e. The monoisotopic (exact) mass is 849 g/mol. The third-order valence-electron chi connectivity index (χ3n) is 9.00. The van der Waals surface area contributed by atoms with Crippen LogP contribution in [-0.4, -0.2) is 86.1 Å². The van der Waals surface area contributed by atoms with E-state index in [0.717, 1.165) is 51.4 Å². The van der Waals surface area contributed by atoms with Crippen LogP contribution in [-0.2, 0) is 32.7 Å². The lowest BCUT2D eigenvalue weighted by atomic mass is 10.1. The summed E-state index contributed by atoms with van der Waals surface area (Å²) in [5.41, 5.74) is 0. The Balaban J connectivity index is 4.57. The molecule has 0 bridgehead atoms. The van der Waals surface area contributed by atoms with Crippen molar-refractivity contribution in [1.29, 1.82) is 0 Å². The second-order valence-corrected chi connectivity index (χ2v) is 17.3. The number of unbranched alkanes of at least 4 members (excludes halogenated alkanes) is 11. The van der Waals surface area contributed by atoms with E-state index < -0.39 is 38.6 Å². The number of phosphoric acid groups is 1. The molecule has 338 valence electrons. The number of carbonyl (C=O) groups is 2. The van der Waals surface area contributed by atoms with Crippen molar-refractivity contribution in [3.63, 3.8) is 0 Å². The second-order valence-electron chi connectivity index (χ2n) is 15.9. The van der Waals surface area contributed by atoms with Crippen molar-refractivity contribution in [1.82, 2.24) is 0 Å². The molecule has 0 radical (unpaired) electrons. The van der Waals surface area contributed by atoms with Crippen LogP contribution in [0.25, 0.3) is 0 Å². The average molecular weight is 849 g/mol. The smallest absolute Gasteiger partial charge is 0.462 e. The lowest BCUT2D eigenvalue weighted by Gasteiger charge is -2.24. The molecule has 10 nitrogen and oxygen atoms in total. The van der Waals surface area contributed by atoms with Gasteiger partial charge < -0.3 is 24.0 Å². The number of carbonyl (C=O) groups excluding carboxylic acids is 2. The van der Waals surface area contributed by atoms with Gasteiger partial charge in [0.25, 0.3) is 0 Å². The number of hydrogen-bond acceptors (Lipinski definition) is 8. The summed E-state index contributed by atoms with van der Waals surface area (Å²) < 4.78 is 34.2. The lowest BCUT2D eigenvalue weighted by molar-refractivity contribution is -0.870. The molecule has 2 N–H and O–H groups in total. The van der Waals surface area contributed by atoms with E-state index in [1.54, 1.807) is 6.08 Å². The Morgan fingerprint density at radius 2 is 1.20 bits per heavy atom. The van der Waals surface area contributed by atoms with Crippen LogP contribution in [0.5, 0.6) is 0 Å². The molecule has 3 atom stereocenters. The number of ether oxygens (including phenoxy) is 2. The molecule has 0 amide bonds. The zero-order chi connectivity index (χ0) is 43.7. The average Bonchev–Trinajstić information content (AvgIpc) is 3.18. The Morgan fingerprint density at radius 3 is 1.86 bits per heavy atom. The molecule has 0 spiro atoms. The Labute approximate surface area is 359 Å². The summed E-state index contributed by atoms with van der Waals surface area (Å²) in [5, 5.41) is 10.0. The fourth-order valence-corrected chi connectivity index (χ4v) is 6.21. The first-order chi connectivity index (χ1) is 28.4. The first-order valence-electron chi connectivity index (χ1n) is 22.4. The van der Waals surface area contributed by atoms with Crippen molar-refractivity contribution in [2.24, 2.45) is 0 Å². The second kappa shape index (κ2) is 39.3. The van der Waals surface area contributed by atoms with E-state index in [-0.39, 0.29) is 26.1 Å². The normalized spacial score (nSPS) is 14.9. The fourth-order valence-electron chi connectivity index (χ4n) is 5.47. The fraction of sp³-hybridized carbons (Fsp3) is 0.667. The highest BCUT2D eigenvalue weighted by Crippen LogP contribution is 2.43. The van der Waals surface area contributed by atoms with E-state index in [9.17, 15) is 24.2 Å². The number of aliphatic hydroxyl groups is 1. The molecule has 0 aliphatic carbocycles. The molecule has 2 unspecified atom stereocenters. The van der Waals surface area contributed by atoms with E-state index >= 15 is 0 Å². The first-order valence-corrected chi connectivity index (χ1v) is 23.9. The molecule has 0 heterocycles. The minimum Gasteiger partial charge on any atom is -0.462 e. The van der Waals surface area contributed by atoms with Crippen molar-refractivity contribution in [2.45, 2.75) is 161 Å². The van der Waals surface area contributed by atoms with Crippen LogP contribution >= 0.6 is 7.82 Å². The van der Waals surface area contributed by atoms with Gasteiger partial charge in [-0.15, -0.1) is 0 Å². The standard InChI is InChI=1S/C48H82NO9P/c1-6-8-10-12-14-15-16-17-18-19-20-24-27-31-35-39-47(51)55-43-46(44-57-59(53,54)56-42-41-49(3,4)5)58-48(52)40-36-32-28-25-22-21-23-26-30-34-38-45(50)37-33-29-13-11-9-7-2/h9,11,17-18,21-22,26,28-30,32-34,38,45-46,50H,6-8,10,12-16,19-20,23-25,27,31,35-37,39-44H2,1-5H3/p+1/b11-9-,18-17-,22-21-,30-26-,32-28-,33-29-,38-34+/t45?,46-/m1/s1. The molecular weight excluding hydrogens is 766 g/mol. The predicted octanol–water partition coefficient (Wildman–Crippen LogP) is 11.8. The highest BCUT2D eigenvalue weighted by Gasteiger charge is 2.27. The Bertz CT molecular complexity index is 1300. The van der Waals surface area contributed by atoms with Crippen LogP contribution in [0.4, 0.5) is 0 Å². The van der Waals surface area contributed by atoms with Gasteiger partial charge in [0.15, 0.2) is 6.10 Å². The van der Waals surface area contributed by atoms with Crippen LogP contribution in [0.3, 0.4) is 0 Å². The predicted molar refractivity (Wildman–Crippen MR) is 244 cm³/mol. The molecule has 0 saturated heterocycles. The van der Waals surface area contributed by atoms with E-state index in [4.69, 9.17) is 18.5 Å². The first kappa shape index (κ1) is 56.1. The van der Waals surface area contributed by atoms with E-state index in [1.807, 2.05) is 69.8 Å². The lowest BCUT2D eigenvalue weighted by Crippen LogP contribution is -2.37. The zero-order valence-corrected chi connectivity index (χ0v) is 38.5. The summed E-state index contributed by atoms with van der Waals surface area (Å²) in [6, 6.07) is 0. The van der Waals surface area contributed by atoms with Crippen molar-refractivity contribution >= 4 is 19.8 Å². The number of nitrogens with zero attached hydrogens (tertiary/aromatic N) is 1. The quantitative estimate of drug-likeness (QED) is 0.0155. The number of esters is 2. The number of phosphoric ester groups is 1. The third-order valence-corrected chi connectivity index (χ3v) is 9.99. The zero-order valence-electron chi connectivity index (χ0n) is 37.6. The summed E-state index contributed by atoms with van der Waals surface area (Å²) in [7, 11) is 1.38. The molecule has 0 rings (SSSR count). The minimum atomic E-state index is -4.41. The van der Waals surface area contributed by atoms with Crippen LogP contribution < -0.4 is 0 Å². The van der Waals surface area contributed by atoms with Gasteiger partial charge in [0.2, 0.25) is 0 Å². The van der Waals surface area contributed by atoms with Crippen LogP contribution in [0.2, 0.25) is 0 Å². The Kier molecular flexibility index (Phi) is 37.4. The number of likely N-dealkylation sites (N-methyl/N-ethyl adjacent to an activating group) is 1. The molecule has 0 saturated carbocycles. The highest BCUT2D eigenvalue weighted by atomic mass is 31.2. The number of hydrogen-bond donors (Lipinski definition) is 2. The van der Waals surface area contributed by atoms with Gasteiger partial charge in [-0.3, -0.25) is 18.6 Å². The molecule has 59 heavy (non-hydrogen) atoms. The maximum absolute atomic E-state index is 12.7.